The van der Waals surface area contributed by atoms with Crippen molar-refractivity contribution in [2.24, 2.45) is 0 Å². The fraction of sp³-hybridized carbons (Fsp3) is 0.667. The van der Waals surface area contributed by atoms with Crippen LogP contribution in [-0.4, -0.2) is 6.54 Å². The molecule has 0 unspecified atom stereocenters. The molecule has 0 bridgehead atoms. The van der Waals surface area contributed by atoms with Gasteiger partial charge in [-0.05, 0) is 12.5 Å². The maximum atomic E-state index is 4.64. The minimum atomic E-state index is 0.875. The monoisotopic (exact) mass is 115 g/mol. The van der Waals surface area contributed by atoms with Crippen LogP contribution < -0.4 is 5.48 Å². The van der Waals surface area contributed by atoms with E-state index in [1.165, 1.54) is 5.57 Å². The van der Waals surface area contributed by atoms with Gasteiger partial charge in [-0.15, -0.1) is 0 Å². The Bertz CT molecular complexity index is 78.6. The lowest BCUT2D eigenvalue weighted by atomic mass is 10.4. The summed E-state index contributed by atoms with van der Waals surface area (Å²) >= 11 is 0. The Morgan fingerprint density at radius 2 is 2.25 bits per heavy atom. The molecule has 0 aromatic heterocycles. The molecular formula is C6H13NO. The SMILES string of the molecule is CC.CC1=CONC1. The Morgan fingerprint density at radius 1 is 1.62 bits per heavy atom. The van der Waals surface area contributed by atoms with Gasteiger partial charge in [0.05, 0.1) is 6.54 Å². The predicted octanol–water partition coefficient (Wildman–Crippen LogP) is 1.45. The van der Waals surface area contributed by atoms with Gasteiger partial charge in [0, 0.05) is 0 Å². The van der Waals surface area contributed by atoms with Crippen molar-refractivity contribution >= 4 is 0 Å². The Labute approximate surface area is 50.5 Å². The van der Waals surface area contributed by atoms with E-state index in [9.17, 15) is 0 Å². The Kier molecular flexibility index (Phi) is 4.36. The molecule has 0 aromatic rings. The van der Waals surface area contributed by atoms with Crippen LogP contribution in [0.2, 0.25) is 0 Å². The summed E-state index contributed by atoms with van der Waals surface area (Å²) in [6, 6.07) is 0. The Balaban J connectivity index is 0.000000222. The van der Waals surface area contributed by atoms with Gasteiger partial charge in [-0.2, -0.15) is 5.48 Å². The molecule has 48 valence electrons. The number of hydrogen-bond donors (Lipinski definition) is 1. The van der Waals surface area contributed by atoms with E-state index in [2.05, 4.69) is 10.3 Å². The lowest BCUT2D eigenvalue weighted by molar-refractivity contribution is 0.168. The summed E-state index contributed by atoms with van der Waals surface area (Å²) in [6.07, 6.45) is 1.71. The number of hydroxylamine groups is 1. The van der Waals surface area contributed by atoms with Crippen LogP contribution >= 0.6 is 0 Å². The second-order valence-corrected chi connectivity index (χ2v) is 1.40. The molecule has 0 saturated heterocycles. The highest BCUT2D eigenvalue weighted by Crippen LogP contribution is 1.94. The lowest BCUT2D eigenvalue weighted by Crippen LogP contribution is -2.04. The van der Waals surface area contributed by atoms with Crippen LogP contribution in [0.4, 0.5) is 0 Å². The third-order valence-corrected chi connectivity index (χ3v) is 0.694. The van der Waals surface area contributed by atoms with Crippen LogP contribution in [0.1, 0.15) is 20.8 Å². The van der Waals surface area contributed by atoms with Crippen LogP contribution in [0, 0.1) is 0 Å². The molecule has 2 nitrogen and oxygen atoms in total. The van der Waals surface area contributed by atoms with E-state index in [0.29, 0.717) is 0 Å². The maximum absolute atomic E-state index is 4.64. The zero-order chi connectivity index (χ0) is 6.41. The van der Waals surface area contributed by atoms with E-state index in [1.807, 2.05) is 20.8 Å². The van der Waals surface area contributed by atoms with Crippen molar-refractivity contribution < 1.29 is 4.84 Å². The first-order valence-electron chi connectivity index (χ1n) is 2.94. The van der Waals surface area contributed by atoms with E-state index < -0.39 is 0 Å². The smallest absolute Gasteiger partial charge is 0.111 e. The van der Waals surface area contributed by atoms with Crippen molar-refractivity contribution in [1.82, 2.24) is 5.48 Å². The summed E-state index contributed by atoms with van der Waals surface area (Å²) in [7, 11) is 0. The van der Waals surface area contributed by atoms with Gasteiger partial charge in [0.15, 0.2) is 0 Å². The summed E-state index contributed by atoms with van der Waals surface area (Å²) in [5.74, 6) is 0. The highest BCUT2D eigenvalue weighted by Gasteiger charge is 1.94. The molecule has 1 N–H and O–H groups in total. The average molecular weight is 115 g/mol. The first-order chi connectivity index (χ1) is 3.89. The van der Waals surface area contributed by atoms with Crippen molar-refractivity contribution in [3.8, 4) is 0 Å². The topological polar surface area (TPSA) is 21.3 Å². The molecule has 0 atom stereocenters. The van der Waals surface area contributed by atoms with E-state index in [1.54, 1.807) is 6.26 Å². The molecule has 0 fully saturated rings. The van der Waals surface area contributed by atoms with Gasteiger partial charge in [-0.1, -0.05) is 13.8 Å². The van der Waals surface area contributed by atoms with E-state index in [-0.39, 0.29) is 0 Å². The molecule has 0 amide bonds. The second-order valence-electron chi connectivity index (χ2n) is 1.40. The summed E-state index contributed by atoms with van der Waals surface area (Å²) in [6.45, 7) is 6.89. The molecule has 1 aliphatic heterocycles. The minimum Gasteiger partial charge on any atom is -0.416 e. The molecule has 1 rings (SSSR count). The largest absolute Gasteiger partial charge is 0.416 e. The third-order valence-electron chi connectivity index (χ3n) is 0.694. The van der Waals surface area contributed by atoms with Gasteiger partial charge in [0.2, 0.25) is 0 Å². The van der Waals surface area contributed by atoms with E-state index in [0.717, 1.165) is 6.54 Å². The summed E-state index contributed by atoms with van der Waals surface area (Å²) in [5, 5.41) is 0. The molecule has 8 heavy (non-hydrogen) atoms. The number of hydrogen-bond acceptors (Lipinski definition) is 2. The molecule has 0 aliphatic carbocycles. The standard InChI is InChI=1S/C4H7NO.C2H6/c1-4-2-5-6-3-4;1-2/h3,5H,2H2,1H3;1-2H3. The number of rotatable bonds is 0. The maximum Gasteiger partial charge on any atom is 0.111 e. The summed E-state index contributed by atoms with van der Waals surface area (Å²) < 4.78 is 0. The van der Waals surface area contributed by atoms with Crippen molar-refractivity contribution in [1.29, 1.82) is 0 Å². The first kappa shape index (κ1) is 7.50. The highest BCUT2D eigenvalue weighted by molar-refractivity contribution is 4.97. The van der Waals surface area contributed by atoms with Crippen LogP contribution in [0.3, 0.4) is 0 Å². The highest BCUT2D eigenvalue weighted by atomic mass is 16.6. The molecule has 0 aromatic carbocycles. The lowest BCUT2D eigenvalue weighted by Gasteiger charge is -1.84. The van der Waals surface area contributed by atoms with Gasteiger partial charge in [0.25, 0.3) is 0 Å². The van der Waals surface area contributed by atoms with Crippen molar-refractivity contribution in [2.75, 3.05) is 6.54 Å². The van der Waals surface area contributed by atoms with Crippen LogP contribution in [0.25, 0.3) is 0 Å². The normalized spacial score (nSPS) is 15.6. The van der Waals surface area contributed by atoms with Gasteiger partial charge in [-0.3, -0.25) is 0 Å². The third kappa shape index (κ3) is 2.64. The molecule has 0 radical (unpaired) electrons. The van der Waals surface area contributed by atoms with Crippen molar-refractivity contribution in [2.45, 2.75) is 20.8 Å². The van der Waals surface area contributed by atoms with Crippen LogP contribution in [0.5, 0.6) is 0 Å². The molecule has 2 heteroatoms. The molecule has 0 saturated carbocycles. The second kappa shape index (κ2) is 4.65. The zero-order valence-corrected chi connectivity index (χ0v) is 5.69. The number of nitrogens with one attached hydrogen (secondary N) is 1. The van der Waals surface area contributed by atoms with Crippen LogP contribution in [-0.2, 0) is 4.84 Å². The fourth-order valence-corrected chi connectivity index (χ4v) is 0.339. The van der Waals surface area contributed by atoms with Crippen molar-refractivity contribution in [3.63, 3.8) is 0 Å². The van der Waals surface area contributed by atoms with Crippen LogP contribution in [0.15, 0.2) is 11.8 Å². The van der Waals surface area contributed by atoms with E-state index in [4.69, 9.17) is 0 Å². The quantitative estimate of drug-likeness (QED) is 0.516. The minimum absolute atomic E-state index is 0.875. The molecular weight excluding hydrogens is 102 g/mol. The molecule has 1 heterocycles. The zero-order valence-electron chi connectivity index (χ0n) is 5.69. The Morgan fingerprint density at radius 3 is 2.38 bits per heavy atom. The van der Waals surface area contributed by atoms with E-state index >= 15 is 0 Å². The van der Waals surface area contributed by atoms with Gasteiger partial charge in [-0.25, -0.2) is 0 Å². The summed E-state index contributed by atoms with van der Waals surface area (Å²) in [4.78, 5) is 4.64. The van der Waals surface area contributed by atoms with Gasteiger partial charge in [0.1, 0.15) is 6.26 Å². The van der Waals surface area contributed by atoms with Crippen molar-refractivity contribution in [3.05, 3.63) is 11.8 Å². The predicted molar refractivity (Wildman–Crippen MR) is 34.2 cm³/mol. The molecule has 1 aliphatic rings. The summed E-state index contributed by atoms with van der Waals surface area (Å²) in [5.41, 5.74) is 3.92. The fourth-order valence-electron chi connectivity index (χ4n) is 0.339. The van der Waals surface area contributed by atoms with Gasteiger partial charge >= 0.3 is 0 Å². The van der Waals surface area contributed by atoms with Gasteiger partial charge < -0.3 is 4.84 Å². The first-order valence-corrected chi connectivity index (χ1v) is 2.94. The molecule has 0 spiro atoms. The average Bonchev–Trinajstić information content (AvgIpc) is 2.24. The Hall–Kier alpha value is -0.500.